The first-order chi connectivity index (χ1) is 25.3. The monoisotopic (exact) mass is 702 g/mol. The number of hydrogen-bond acceptors (Lipinski definition) is 7. The molecule has 4 aromatic carbocycles. The number of carbonyl (C=O) groups excluding carboxylic acids is 3. The van der Waals surface area contributed by atoms with Crippen LogP contribution in [0, 0.1) is 0 Å². The van der Waals surface area contributed by atoms with Crippen LogP contribution in [0.15, 0.2) is 128 Å². The molecule has 0 aliphatic heterocycles. The van der Waals surface area contributed by atoms with Crippen molar-refractivity contribution in [2.75, 3.05) is 20.3 Å². The van der Waals surface area contributed by atoms with Gasteiger partial charge in [0.1, 0.15) is 11.6 Å². The van der Waals surface area contributed by atoms with E-state index in [1.54, 1.807) is 11.1 Å². The third-order valence-corrected chi connectivity index (χ3v) is 9.00. The molecule has 1 heterocycles. The van der Waals surface area contributed by atoms with Gasteiger partial charge in [-0.3, -0.25) is 14.6 Å². The first kappa shape index (κ1) is 37.7. The number of benzene rings is 4. The van der Waals surface area contributed by atoms with Crippen LogP contribution in [0.4, 0.5) is 4.79 Å². The highest BCUT2D eigenvalue weighted by atomic mass is 16.7. The molecule has 10 heteroatoms. The number of aromatic nitrogens is 1. The zero-order chi connectivity index (χ0) is 36.9. The molecule has 5 aromatic rings. The summed E-state index contributed by atoms with van der Waals surface area (Å²) >= 11 is 0. The molecule has 270 valence electrons. The van der Waals surface area contributed by atoms with Gasteiger partial charge in [0.25, 0.3) is 0 Å². The third kappa shape index (κ3) is 8.65. The molecular formula is C42H46N4O6. The summed E-state index contributed by atoms with van der Waals surface area (Å²) < 4.78 is 16.9. The van der Waals surface area contributed by atoms with Crippen molar-refractivity contribution in [1.29, 1.82) is 0 Å². The summed E-state index contributed by atoms with van der Waals surface area (Å²) in [5.74, 6) is -0.993. The number of nitrogens with one attached hydrogen (secondary N) is 2. The summed E-state index contributed by atoms with van der Waals surface area (Å²) in [5.41, 5.74) is 2.84. The maximum Gasteiger partial charge on any atom is 0.407 e. The molecule has 0 bridgehead atoms. The Hall–Kier alpha value is -5.58. The molecule has 0 aliphatic carbocycles. The number of methoxy groups -OCH3 is 1. The van der Waals surface area contributed by atoms with Crippen LogP contribution in [0.2, 0.25) is 0 Å². The average molecular weight is 703 g/mol. The van der Waals surface area contributed by atoms with Crippen molar-refractivity contribution in [2.24, 2.45) is 0 Å². The molecule has 5 rings (SSSR count). The Morgan fingerprint density at radius 1 is 0.750 bits per heavy atom. The Kier molecular flexibility index (Phi) is 13.1. The van der Waals surface area contributed by atoms with E-state index in [0.29, 0.717) is 13.2 Å². The molecule has 0 unspecified atom stereocenters. The van der Waals surface area contributed by atoms with Gasteiger partial charge in [0.15, 0.2) is 6.29 Å². The van der Waals surface area contributed by atoms with E-state index >= 15 is 0 Å². The molecule has 2 N–H and O–H groups in total. The molecule has 0 radical (unpaired) electrons. The van der Waals surface area contributed by atoms with E-state index in [9.17, 15) is 14.4 Å². The molecule has 0 fully saturated rings. The van der Waals surface area contributed by atoms with Crippen molar-refractivity contribution >= 4 is 28.8 Å². The molecule has 0 saturated heterocycles. The fraction of sp³-hybridized carbons (Fsp3) is 0.286. The van der Waals surface area contributed by atoms with Crippen LogP contribution in [0.1, 0.15) is 49.4 Å². The molecular weight excluding hydrogens is 656 g/mol. The summed E-state index contributed by atoms with van der Waals surface area (Å²) in [5, 5.41) is 6.86. The van der Waals surface area contributed by atoms with Crippen LogP contribution in [0.3, 0.4) is 0 Å². The van der Waals surface area contributed by atoms with Crippen molar-refractivity contribution in [1.82, 2.24) is 20.5 Å². The van der Waals surface area contributed by atoms with E-state index in [0.717, 1.165) is 33.2 Å². The zero-order valence-corrected chi connectivity index (χ0v) is 30.0. The third-order valence-electron chi connectivity index (χ3n) is 9.00. The van der Waals surface area contributed by atoms with E-state index in [-0.39, 0.29) is 6.54 Å². The lowest BCUT2D eigenvalue weighted by atomic mass is 9.77. The van der Waals surface area contributed by atoms with Crippen molar-refractivity contribution < 1.29 is 28.6 Å². The molecule has 0 aliphatic rings. The van der Waals surface area contributed by atoms with Gasteiger partial charge in [-0.1, -0.05) is 115 Å². The van der Waals surface area contributed by atoms with Crippen LogP contribution >= 0.6 is 0 Å². The zero-order valence-electron chi connectivity index (χ0n) is 30.0. The molecule has 1 aromatic heterocycles. The topological polar surface area (TPSA) is 119 Å². The number of alkyl carbamates (subject to hydrolysis) is 1. The van der Waals surface area contributed by atoms with Crippen molar-refractivity contribution in [2.45, 2.75) is 57.6 Å². The van der Waals surface area contributed by atoms with Crippen molar-refractivity contribution in [3.63, 3.8) is 0 Å². The Morgan fingerprint density at radius 3 is 1.81 bits per heavy atom. The average Bonchev–Trinajstić information content (AvgIpc) is 3.19. The van der Waals surface area contributed by atoms with E-state index in [1.165, 1.54) is 7.11 Å². The van der Waals surface area contributed by atoms with Gasteiger partial charge in [0, 0.05) is 31.3 Å². The molecule has 0 spiro atoms. The van der Waals surface area contributed by atoms with E-state index < -0.39 is 48.2 Å². The summed E-state index contributed by atoms with van der Waals surface area (Å²) in [6, 6.07) is 36.6. The second-order valence-corrected chi connectivity index (χ2v) is 12.3. The minimum Gasteiger partial charge on any atom is -0.453 e. The summed E-state index contributed by atoms with van der Waals surface area (Å²) in [6.45, 7) is 6.33. The normalized spacial score (nSPS) is 12.6. The molecule has 52 heavy (non-hydrogen) atoms. The van der Waals surface area contributed by atoms with Gasteiger partial charge in [-0.2, -0.15) is 0 Å². The molecule has 3 amide bonds. The highest BCUT2D eigenvalue weighted by Crippen LogP contribution is 2.37. The van der Waals surface area contributed by atoms with Crippen LogP contribution in [-0.2, 0) is 35.9 Å². The second kappa shape index (κ2) is 18.1. The second-order valence-electron chi connectivity index (χ2n) is 12.3. The fourth-order valence-corrected chi connectivity index (χ4v) is 6.53. The summed E-state index contributed by atoms with van der Waals surface area (Å²) in [4.78, 5) is 48.3. The van der Waals surface area contributed by atoms with Gasteiger partial charge in [0.05, 0.1) is 25.1 Å². The first-order valence-electron chi connectivity index (χ1n) is 17.5. The quantitative estimate of drug-likeness (QED) is 0.0882. The van der Waals surface area contributed by atoms with E-state index in [1.807, 2.05) is 142 Å². The Bertz CT molecular complexity index is 1800. The summed E-state index contributed by atoms with van der Waals surface area (Å²) in [6.07, 6.45) is -0.323. The van der Waals surface area contributed by atoms with Crippen LogP contribution in [-0.4, -0.2) is 66.5 Å². The largest absolute Gasteiger partial charge is 0.453 e. The lowest BCUT2D eigenvalue weighted by Gasteiger charge is -2.38. The molecule has 0 saturated carbocycles. The number of hydrogen-bond donors (Lipinski definition) is 2. The van der Waals surface area contributed by atoms with E-state index in [4.69, 9.17) is 14.2 Å². The highest BCUT2D eigenvalue weighted by Gasteiger charge is 2.40. The molecule has 10 nitrogen and oxygen atoms in total. The number of rotatable bonds is 16. The fourth-order valence-electron chi connectivity index (χ4n) is 6.53. The number of pyridine rings is 1. The maximum atomic E-state index is 14.8. The highest BCUT2D eigenvalue weighted by molar-refractivity contribution is 5.92. The minimum absolute atomic E-state index is 0.105. The summed E-state index contributed by atoms with van der Waals surface area (Å²) in [7, 11) is 1.21. The number of ether oxygens (including phenoxy) is 3. The predicted molar refractivity (Wildman–Crippen MR) is 200 cm³/mol. The van der Waals surface area contributed by atoms with Gasteiger partial charge < -0.3 is 29.7 Å². The number of amides is 3. The van der Waals surface area contributed by atoms with Crippen LogP contribution < -0.4 is 10.6 Å². The number of para-hydroxylation sites is 1. The van der Waals surface area contributed by atoms with Crippen molar-refractivity contribution in [3.8, 4) is 0 Å². The maximum absolute atomic E-state index is 14.8. The predicted octanol–water partition coefficient (Wildman–Crippen LogP) is 6.57. The standard InChI is InChI=1S/C42H46N4O6/c1-5-51-40(52-6-2)30(3)46(29-32-19-16-18-31-20-17-27-43-38(31)32)39(48)36(44-41(49)50-4)28-37(47)45-42(33-21-10-7-11-22-33,34-23-12-8-13-24-34)35-25-14-9-15-26-35/h7-27,30,36,40H,5-6,28-29H2,1-4H3,(H,44,49)(H,45,47)/t30-,36-/m0/s1. The van der Waals surface area contributed by atoms with Gasteiger partial charge in [0.2, 0.25) is 11.8 Å². The van der Waals surface area contributed by atoms with Crippen LogP contribution in [0.25, 0.3) is 10.9 Å². The number of carbonyl (C=O) groups is 3. The van der Waals surface area contributed by atoms with Gasteiger partial charge >= 0.3 is 6.09 Å². The SMILES string of the molecule is CCOC(OCC)[C@H](C)N(Cc1cccc2cccnc12)C(=O)[C@H](CC(=O)NC(c1ccccc1)(c1ccccc1)c1ccccc1)NC(=O)OC. The lowest BCUT2D eigenvalue weighted by molar-refractivity contribution is -0.179. The molecule has 2 atom stereocenters. The number of fused-ring (bicyclic) bond motifs is 1. The van der Waals surface area contributed by atoms with Crippen LogP contribution in [0.5, 0.6) is 0 Å². The Labute approximate surface area is 305 Å². The van der Waals surface area contributed by atoms with Crippen molar-refractivity contribution in [3.05, 3.63) is 150 Å². The van der Waals surface area contributed by atoms with E-state index in [2.05, 4.69) is 15.6 Å². The minimum atomic E-state index is -1.32. The smallest absolute Gasteiger partial charge is 0.407 e. The number of nitrogens with zero attached hydrogens (tertiary/aromatic N) is 2. The van der Waals surface area contributed by atoms with Gasteiger partial charge in [-0.05, 0) is 49.1 Å². The lowest BCUT2D eigenvalue weighted by Crippen LogP contribution is -2.56. The first-order valence-corrected chi connectivity index (χ1v) is 17.5. The van der Waals surface area contributed by atoms with Gasteiger partial charge in [-0.25, -0.2) is 4.79 Å². The van der Waals surface area contributed by atoms with Gasteiger partial charge in [-0.15, -0.1) is 0 Å². The Morgan fingerprint density at radius 2 is 1.29 bits per heavy atom. The Balaban J connectivity index is 1.56.